The number of ether oxygens (including phenoxy) is 1. The molecule has 0 aromatic heterocycles. The van der Waals surface area contributed by atoms with Crippen LogP contribution >= 0.6 is 0 Å². The standard InChI is InChI=1S/C13H2F9O.3CH3.Sn/c14-4-1-6(16)10(17)7(2-4)23-8-3-5(15)9(13(20,21)22)12(19)11(8)18;;;;/h2-3H;3*1H3;. The van der Waals surface area contributed by atoms with E-state index >= 15 is 0 Å². The zero-order valence-electron chi connectivity index (χ0n) is 14.0. The summed E-state index contributed by atoms with van der Waals surface area (Å²) in [5.74, 6) is -14.5. The van der Waals surface area contributed by atoms with Crippen LogP contribution in [0.25, 0.3) is 0 Å². The fourth-order valence-corrected chi connectivity index (χ4v) is 6.80. The van der Waals surface area contributed by atoms with E-state index in [4.69, 9.17) is 0 Å². The molecule has 0 aliphatic carbocycles. The van der Waals surface area contributed by atoms with Crippen LogP contribution in [-0.2, 0) is 6.18 Å². The second kappa shape index (κ2) is 7.10. The Labute approximate surface area is 151 Å². The van der Waals surface area contributed by atoms with Crippen LogP contribution in [0.5, 0.6) is 11.5 Å². The van der Waals surface area contributed by atoms with Gasteiger partial charge >= 0.3 is 151 Å². The number of hydrogen-bond donors (Lipinski definition) is 0. The van der Waals surface area contributed by atoms with E-state index in [0.717, 1.165) is 0 Å². The molecule has 0 unspecified atom stereocenters. The van der Waals surface area contributed by atoms with Crippen LogP contribution < -0.4 is 8.32 Å². The third-order valence-electron chi connectivity index (χ3n) is 3.50. The first kappa shape index (κ1) is 21.7. The van der Waals surface area contributed by atoms with Crippen molar-refractivity contribution in [1.82, 2.24) is 0 Å². The summed E-state index contributed by atoms with van der Waals surface area (Å²) in [7, 11) is 0. The summed E-state index contributed by atoms with van der Waals surface area (Å²) in [5, 5.41) is 0. The Morgan fingerprint density at radius 1 is 0.704 bits per heavy atom. The number of halogens is 9. The first-order valence-corrected chi connectivity index (χ1v) is 17.3. The first-order chi connectivity index (χ1) is 12.2. The Kier molecular flexibility index (Phi) is 5.71. The van der Waals surface area contributed by atoms with E-state index in [2.05, 4.69) is 4.74 Å². The van der Waals surface area contributed by atoms with Gasteiger partial charge in [-0.15, -0.1) is 0 Å². The van der Waals surface area contributed by atoms with Crippen LogP contribution in [-0.4, -0.2) is 18.4 Å². The summed E-state index contributed by atoms with van der Waals surface area (Å²) in [6, 6.07) is 0.163. The van der Waals surface area contributed by atoms with E-state index in [-0.39, 0.29) is 6.07 Å². The number of alkyl halides is 3. The van der Waals surface area contributed by atoms with Crippen LogP contribution in [0.2, 0.25) is 14.8 Å². The Morgan fingerprint density at radius 2 is 1.15 bits per heavy atom. The number of benzene rings is 2. The SMILES string of the molecule is [CH3][Sn]([CH3])([CH3])[c]1c(F)cc(Oc2cc(F)c(C(F)(F)F)c(F)c2F)c(F)c1F. The molecule has 0 heterocycles. The second-order valence-corrected chi connectivity index (χ2v) is 20.8. The van der Waals surface area contributed by atoms with E-state index < -0.39 is 80.1 Å². The normalized spacial score (nSPS) is 12.4. The minimum atomic E-state index is -5.54. The van der Waals surface area contributed by atoms with Crippen LogP contribution in [0, 0.1) is 34.9 Å². The van der Waals surface area contributed by atoms with Crippen LogP contribution in [0.4, 0.5) is 39.5 Å². The molecule has 27 heavy (non-hydrogen) atoms. The summed E-state index contributed by atoms with van der Waals surface area (Å²) in [6.07, 6.45) is -5.54. The molecule has 0 atom stereocenters. The predicted molar refractivity (Wildman–Crippen MR) is 80.7 cm³/mol. The van der Waals surface area contributed by atoms with Crippen molar-refractivity contribution in [3.05, 3.63) is 52.6 Å². The van der Waals surface area contributed by atoms with Crippen molar-refractivity contribution in [1.29, 1.82) is 0 Å². The van der Waals surface area contributed by atoms with Gasteiger partial charge < -0.3 is 0 Å². The van der Waals surface area contributed by atoms with Crippen molar-refractivity contribution in [2.45, 2.75) is 21.0 Å². The van der Waals surface area contributed by atoms with Crippen molar-refractivity contribution in [3.63, 3.8) is 0 Å². The second-order valence-electron chi connectivity index (χ2n) is 6.57. The van der Waals surface area contributed by atoms with Gasteiger partial charge in [0.2, 0.25) is 0 Å². The molecule has 0 bridgehead atoms. The Balaban J connectivity index is 2.59. The average Bonchev–Trinajstić information content (AvgIpc) is 2.46. The molecule has 0 saturated carbocycles. The molecule has 1 nitrogen and oxygen atoms in total. The van der Waals surface area contributed by atoms with Crippen molar-refractivity contribution in [2.75, 3.05) is 0 Å². The van der Waals surface area contributed by atoms with Gasteiger partial charge in [-0.25, -0.2) is 0 Å². The fraction of sp³-hybridized carbons (Fsp3) is 0.250. The fourth-order valence-electron chi connectivity index (χ4n) is 2.36. The zero-order chi connectivity index (χ0) is 20.9. The van der Waals surface area contributed by atoms with Crippen LogP contribution in [0.1, 0.15) is 5.56 Å². The summed E-state index contributed by atoms with van der Waals surface area (Å²) in [5.41, 5.74) is -2.51. The summed E-state index contributed by atoms with van der Waals surface area (Å²) >= 11 is -3.47. The molecule has 0 radical (unpaired) electrons. The Morgan fingerprint density at radius 3 is 1.59 bits per heavy atom. The molecule has 0 N–H and O–H groups in total. The molecule has 0 aliphatic heterocycles. The number of rotatable bonds is 3. The van der Waals surface area contributed by atoms with E-state index in [1.54, 1.807) is 14.8 Å². The Hall–Kier alpha value is -1.59. The Bertz CT molecular complexity index is 827. The van der Waals surface area contributed by atoms with Gasteiger partial charge in [-0.3, -0.25) is 0 Å². The molecular formula is C16H11F9OSn. The van der Waals surface area contributed by atoms with Crippen molar-refractivity contribution in [3.8, 4) is 11.5 Å². The topological polar surface area (TPSA) is 9.23 Å². The van der Waals surface area contributed by atoms with Gasteiger partial charge in [-0.2, -0.15) is 0 Å². The van der Waals surface area contributed by atoms with Gasteiger partial charge in [-0.05, 0) is 0 Å². The maximum absolute atomic E-state index is 14.2. The van der Waals surface area contributed by atoms with Gasteiger partial charge in [-0.1, -0.05) is 0 Å². The maximum atomic E-state index is 14.2. The average molecular weight is 509 g/mol. The van der Waals surface area contributed by atoms with E-state index in [0.29, 0.717) is 6.07 Å². The van der Waals surface area contributed by atoms with Crippen LogP contribution in [0.15, 0.2) is 12.1 Å². The van der Waals surface area contributed by atoms with Crippen LogP contribution in [0.3, 0.4) is 0 Å². The minimum absolute atomic E-state index is 0.187. The molecule has 0 aliphatic rings. The van der Waals surface area contributed by atoms with Gasteiger partial charge in [0.15, 0.2) is 0 Å². The monoisotopic (exact) mass is 510 g/mol. The molecule has 0 spiro atoms. The molecule has 0 amide bonds. The molecule has 2 rings (SSSR count). The zero-order valence-corrected chi connectivity index (χ0v) is 16.8. The summed E-state index contributed by atoms with van der Waals surface area (Å²) in [6.45, 7) is 0. The quantitative estimate of drug-likeness (QED) is 0.286. The van der Waals surface area contributed by atoms with E-state index in [9.17, 15) is 39.5 Å². The molecule has 148 valence electrons. The molecular weight excluding hydrogens is 498 g/mol. The van der Waals surface area contributed by atoms with E-state index in [1.807, 2.05) is 0 Å². The van der Waals surface area contributed by atoms with Crippen molar-refractivity contribution in [2.24, 2.45) is 0 Å². The van der Waals surface area contributed by atoms with Gasteiger partial charge in [0.1, 0.15) is 0 Å². The summed E-state index contributed by atoms with van der Waals surface area (Å²) in [4.78, 5) is 4.74. The molecule has 2 aromatic rings. The summed E-state index contributed by atoms with van der Waals surface area (Å²) < 4.78 is 125. The van der Waals surface area contributed by atoms with Gasteiger partial charge in [0, 0.05) is 0 Å². The molecule has 2 aromatic carbocycles. The third kappa shape index (κ3) is 4.14. The van der Waals surface area contributed by atoms with Crippen molar-refractivity contribution >= 4 is 22.0 Å². The van der Waals surface area contributed by atoms with E-state index in [1.165, 1.54) is 0 Å². The number of hydrogen-bond acceptors (Lipinski definition) is 1. The van der Waals surface area contributed by atoms with Gasteiger partial charge in [0.25, 0.3) is 0 Å². The molecule has 0 saturated heterocycles. The first-order valence-electron chi connectivity index (χ1n) is 7.26. The third-order valence-corrected chi connectivity index (χ3v) is 9.09. The molecule has 11 heteroatoms. The van der Waals surface area contributed by atoms with Gasteiger partial charge in [0.05, 0.1) is 0 Å². The predicted octanol–water partition coefficient (Wildman–Crippen LogP) is 5.88. The van der Waals surface area contributed by atoms with Crippen molar-refractivity contribution < 1.29 is 44.3 Å². The molecule has 0 fully saturated rings.